The predicted molar refractivity (Wildman–Crippen MR) is 102 cm³/mol. The minimum absolute atomic E-state index is 0.483. The second-order valence-corrected chi connectivity index (χ2v) is 5.53. The molecule has 1 aliphatic heterocycles. The van der Waals surface area contributed by atoms with E-state index in [0.717, 1.165) is 12.4 Å². The van der Waals surface area contributed by atoms with Gasteiger partial charge in [-0.15, -0.1) is 0 Å². The number of aliphatic imine (C=N–C) groups is 1. The zero-order chi connectivity index (χ0) is 17.7. The summed E-state index contributed by atoms with van der Waals surface area (Å²) in [6, 6.07) is 0. The second-order valence-electron chi connectivity index (χ2n) is 5.53. The topological polar surface area (TPSA) is 39.5 Å². The van der Waals surface area contributed by atoms with Crippen molar-refractivity contribution in [2.24, 2.45) is 22.7 Å². The quantitative estimate of drug-likeness (QED) is 0.510. The fourth-order valence-corrected chi connectivity index (χ4v) is 1.57. The summed E-state index contributed by atoms with van der Waals surface area (Å²) in [7, 11) is 0. The average molecular weight is 308 g/mol. The maximum atomic E-state index is 7.47. The molecule has 1 unspecified atom stereocenters. The highest BCUT2D eigenvalue weighted by molar-refractivity contribution is 6.01. The third-order valence-electron chi connectivity index (χ3n) is 3.47. The van der Waals surface area contributed by atoms with Gasteiger partial charge in [0.05, 0.1) is 12.9 Å². The van der Waals surface area contributed by atoms with E-state index in [1.54, 1.807) is 4.90 Å². The van der Waals surface area contributed by atoms with Crippen LogP contribution in [-0.2, 0) is 0 Å². The molecule has 0 spiro atoms. The van der Waals surface area contributed by atoms with Crippen LogP contribution in [0.25, 0.3) is 0 Å². The van der Waals surface area contributed by atoms with E-state index in [9.17, 15) is 0 Å². The maximum Gasteiger partial charge on any atom is 0.132 e. The van der Waals surface area contributed by atoms with E-state index < -0.39 is 0 Å². The molecule has 0 fully saturated rings. The van der Waals surface area contributed by atoms with Crippen molar-refractivity contribution in [1.82, 2.24) is 4.90 Å². The van der Waals surface area contributed by atoms with Crippen LogP contribution in [0.3, 0.4) is 0 Å². The Morgan fingerprint density at radius 3 is 2.05 bits per heavy atom. The highest BCUT2D eigenvalue weighted by atomic mass is 15.2. The lowest BCUT2D eigenvalue weighted by molar-refractivity contribution is 0.504. The van der Waals surface area contributed by atoms with Crippen LogP contribution < -0.4 is 0 Å². The molecular formula is C19H37N3. The Morgan fingerprint density at radius 2 is 1.64 bits per heavy atom. The predicted octanol–water partition coefficient (Wildman–Crippen LogP) is 5.75. The van der Waals surface area contributed by atoms with Crippen LogP contribution in [0, 0.1) is 23.2 Å². The van der Waals surface area contributed by atoms with Gasteiger partial charge in [-0.1, -0.05) is 68.4 Å². The Morgan fingerprint density at radius 1 is 1.09 bits per heavy atom. The van der Waals surface area contributed by atoms with E-state index in [-0.39, 0.29) is 0 Å². The highest BCUT2D eigenvalue weighted by Crippen LogP contribution is 2.17. The van der Waals surface area contributed by atoms with Crippen LogP contribution in [-0.4, -0.2) is 23.6 Å². The van der Waals surface area contributed by atoms with Crippen molar-refractivity contribution in [3.8, 4) is 0 Å². The van der Waals surface area contributed by atoms with Gasteiger partial charge in [-0.25, -0.2) is 0 Å². The number of nitrogens with zero attached hydrogens (tertiary/aromatic N) is 2. The number of allylic oxidation sites excluding steroid dienone is 1. The van der Waals surface area contributed by atoms with Crippen molar-refractivity contribution in [3.05, 3.63) is 23.9 Å². The van der Waals surface area contributed by atoms with Crippen LogP contribution >= 0.6 is 0 Å². The summed E-state index contributed by atoms with van der Waals surface area (Å²) in [6.07, 6.45) is 7.56. The molecule has 0 saturated carbocycles. The smallest absolute Gasteiger partial charge is 0.132 e. The van der Waals surface area contributed by atoms with E-state index in [2.05, 4.69) is 45.7 Å². The molecule has 0 aromatic carbocycles. The first-order chi connectivity index (χ1) is 10.5. The molecule has 1 atom stereocenters. The number of nitrogens with one attached hydrogen (secondary N) is 1. The SMILES string of the molecule is CC.CC.CC(C)C1=CN(C=N)C(/C=C\C(C)C(C)C)=NC1. The number of hydrogen-bond donors (Lipinski definition) is 1. The summed E-state index contributed by atoms with van der Waals surface area (Å²) >= 11 is 0. The zero-order valence-corrected chi connectivity index (χ0v) is 16.1. The summed E-state index contributed by atoms with van der Waals surface area (Å²) in [4.78, 5) is 6.35. The molecule has 0 amide bonds. The Balaban J connectivity index is 0. The molecule has 3 heteroatoms. The summed E-state index contributed by atoms with van der Waals surface area (Å²) in [5.41, 5.74) is 1.27. The second kappa shape index (κ2) is 13.3. The van der Waals surface area contributed by atoms with Crippen molar-refractivity contribution in [2.75, 3.05) is 6.54 Å². The fraction of sp³-hybridized carbons (Fsp3) is 0.684. The molecule has 0 bridgehead atoms. The largest absolute Gasteiger partial charge is 0.293 e. The van der Waals surface area contributed by atoms with Crippen molar-refractivity contribution < 1.29 is 0 Å². The highest BCUT2D eigenvalue weighted by Gasteiger charge is 2.14. The molecule has 0 saturated heterocycles. The molecule has 128 valence electrons. The normalized spacial score (nSPS) is 15.5. The molecule has 0 radical (unpaired) electrons. The fourth-order valence-electron chi connectivity index (χ4n) is 1.57. The van der Waals surface area contributed by atoms with E-state index in [1.165, 1.54) is 11.9 Å². The summed E-state index contributed by atoms with van der Waals surface area (Å²) < 4.78 is 0. The van der Waals surface area contributed by atoms with Gasteiger partial charge in [0, 0.05) is 6.20 Å². The van der Waals surface area contributed by atoms with E-state index in [1.807, 2.05) is 40.0 Å². The number of amidine groups is 1. The third-order valence-corrected chi connectivity index (χ3v) is 3.47. The van der Waals surface area contributed by atoms with Crippen LogP contribution in [0.4, 0.5) is 0 Å². The minimum Gasteiger partial charge on any atom is -0.293 e. The summed E-state index contributed by atoms with van der Waals surface area (Å²) in [6.45, 7) is 19.7. The van der Waals surface area contributed by atoms with Crippen molar-refractivity contribution in [1.29, 1.82) is 5.41 Å². The van der Waals surface area contributed by atoms with Crippen LogP contribution in [0.2, 0.25) is 0 Å². The molecule has 0 aromatic rings. The van der Waals surface area contributed by atoms with Gasteiger partial charge in [0.25, 0.3) is 0 Å². The molecule has 1 rings (SSSR count). The summed E-state index contributed by atoms with van der Waals surface area (Å²) in [5, 5.41) is 7.47. The Kier molecular flexibility index (Phi) is 13.8. The Hall–Kier alpha value is -1.38. The molecule has 0 aromatic heterocycles. The van der Waals surface area contributed by atoms with Gasteiger partial charge >= 0.3 is 0 Å². The van der Waals surface area contributed by atoms with Gasteiger partial charge in [-0.2, -0.15) is 0 Å². The van der Waals surface area contributed by atoms with E-state index in [0.29, 0.717) is 17.8 Å². The zero-order valence-electron chi connectivity index (χ0n) is 16.1. The monoisotopic (exact) mass is 307 g/mol. The first-order valence-electron chi connectivity index (χ1n) is 8.67. The van der Waals surface area contributed by atoms with Gasteiger partial charge in [0.15, 0.2) is 0 Å². The molecule has 22 heavy (non-hydrogen) atoms. The van der Waals surface area contributed by atoms with Crippen LogP contribution in [0.5, 0.6) is 0 Å². The lowest BCUT2D eigenvalue weighted by Gasteiger charge is -2.23. The third kappa shape index (κ3) is 8.16. The van der Waals surface area contributed by atoms with E-state index >= 15 is 0 Å². The van der Waals surface area contributed by atoms with E-state index in [4.69, 9.17) is 5.41 Å². The summed E-state index contributed by atoms with van der Waals surface area (Å²) in [5.74, 6) is 2.50. The van der Waals surface area contributed by atoms with Gasteiger partial charge < -0.3 is 0 Å². The molecule has 1 aliphatic rings. The molecule has 0 aliphatic carbocycles. The maximum absolute atomic E-state index is 7.47. The minimum atomic E-state index is 0.483. The number of hydrogen-bond acceptors (Lipinski definition) is 2. The van der Waals surface area contributed by atoms with Gasteiger partial charge in [-0.3, -0.25) is 15.3 Å². The van der Waals surface area contributed by atoms with Crippen LogP contribution in [0.1, 0.15) is 62.3 Å². The molecular weight excluding hydrogens is 270 g/mol. The van der Waals surface area contributed by atoms with Gasteiger partial charge in [-0.05, 0) is 29.4 Å². The Bertz CT molecular complexity index is 376. The number of rotatable bonds is 5. The van der Waals surface area contributed by atoms with Crippen molar-refractivity contribution >= 4 is 12.2 Å². The standard InChI is InChI=1S/C15H25N3.2C2H6/c1-11(2)13(5)6-7-15-17-8-14(12(3)4)9-18(15)10-16;2*1-2/h6-7,9-13,16H,8H2,1-5H3;2*1-2H3/b7-6-,16-10?;;. The van der Waals surface area contributed by atoms with Crippen LogP contribution in [0.15, 0.2) is 28.9 Å². The lowest BCUT2D eigenvalue weighted by atomic mass is 9.97. The van der Waals surface area contributed by atoms with Gasteiger partial charge in [0.1, 0.15) is 5.84 Å². The Labute approximate surface area is 138 Å². The first-order valence-corrected chi connectivity index (χ1v) is 8.67. The van der Waals surface area contributed by atoms with Crippen molar-refractivity contribution in [3.63, 3.8) is 0 Å². The lowest BCUT2D eigenvalue weighted by Crippen LogP contribution is -2.27. The molecule has 1 heterocycles. The average Bonchev–Trinajstić information content (AvgIpc) is 2.55. The molecule has 3 nitrogen and oxygen atoms in total. The van der Waals surface area contributed by atoms with Gasteiger partial charge in [0.2, 0.25) is 0 Å². The first kappa shape index (κ1) is 22.9. The van der Waals surface area contributed by atoms with Crippen molar-refractivity contribution in [2.45, 2.75) is 62.3 Å². The molecule has 1 N–H and O–H groups in total.